The average Bonchev–Trinajstić information content (AvgIpc) is 2.53. The lowest BCUT2D eigenvalue weighted by molar-refractivity contribution is -0.108. The smallest absolute Gasteiger partial charge is 0.121 e. The van der Waals surface area contributed by atoms with Gasteiger partial charge in [0, 0.05) is 24.9 Å². The van der Waals surface area contributed by atoms with Crippen LogP contribution >= 0.6 is 11.3 Å². The molecule has 0 N–H and O–H groups in total. The summed E-state index contributed by atoms with van der Waals surface area (Å²) in [6.45, 7) is 1.64. The highest BCUT2D eigenvalue weighted by atomic mass is 32.1. The van der Waals surface area contributed by atoms with Gasteiger partial charge in [-0.05, 0) is 7.05 Å². The van der Waals surface area contributed by atoms with Gasteiger partial charge in [0.25, 0.3) is 0 Å². The molecule has 0 aliphatic heterocycles. The Balaban J connectivity index is 2.26. The third kappa shape index (κ3) is 3.11. The van der Waals surface area contributed by atoms with Gasteiger partial charge >= 0.3 is 0 Å². The van der Waals surface area contributed by atoms with Crippen LogP contribution < -0.4 is 0 Å². The van der Waals surface area contributed by atoms with Crippen LogP contribution in [-0.2, 0) is 11.3 Å². The molecule has 0 fully saturated rings. The van der Waals surface area contributed by atoms with Crippen LogP contribution in [0.15, 0.2) is 10.9 Å². The predicted octanol–water partition coefficient (Wildman–Crippen LogP) is 1.16. The first kappa shape index (κ1) is 9.35. The number of carbonyl (C=O) groups excluding carboxylic acids is 1. The van der Waals surface area contributed by atoms with E-state index in [1.807, 2.05) is 17.9 Å². The standard InChI is InChI=1S/C8H12N2OS/c1-10(3-2-4-11)5-8-6-12-7-9-8/h4,6-7H,2-3,5H2,1H3. The topological polar surface area (TPSA) is 33.2 Å². The summed E-state index contributed by atoms with van der Waals surface area (Å²) in [6.07, 6.45) is 1.54. The summed E-state index contributed by atoms with van der Waals surface area (Å²) in [5.74, 6) is 0. The van der Waals surface area contributed by atoms with E-state index in [9.17, 15) is 4.79 Å². The molecule has 4 heteroatoms. The largest absolute Gasteiger partial charge is 0.303 e. The molecule has 0 saturated carbocycles. The Labute approximate surface area is 76.0 Å². The van der Waals surface area contributed by atoms with Crippen molar-refractivity contribution in [1.29, 1.82) is 0 Å². The fourth-order valence-electron chi connectivity index (χ4n) is 0.944. The van der Waals surface area contributed by atoms with Gasteiger partial charge in [-0.2, -0.15) is 0 Å². The van der Waals surface area contributed by atoms with Crippen molar-refractivity contribution in [2.24, 2.45) is 0 Å². The summed E-state index contributed by atoms with van der Waals surface area (Å²) in [5.41, 5.74) is 2.90. The molecule has 66 valence electrons. The molecule has 12 heavy (non-hydrogen) atoms. The second-order valence-corrected chi connectivity index (χ2v) is 3.39. The van der Waals surface area contributed by atoms with Gasteiger partial charge < -0.3 is 9.69 Å². The minimum Gasteiger partial charge on any atom is -0.303 e. The first-order valence-corrected chi connectivity index (χ1v) is 4.76. The highest BCUT2D eigenvalue weighted by molar-refractivity contribution is 7.07. The Morgan fingerprint density at radius 3 is 3.17 bits per heavy atom. The first-order valence-electron chi connectivity index (χ1n) is 3.82. The molecule has 1 aromatic rings. The van der Waals surface area contributed by atoms with E-state index in [1.165, 1.54) is 0 Å². The number of hydrogen-bond acceptors (Lipinski definition) is 4. The van der Waals surface area contributed by atoms with Crippen LogP contribution in [0.2, 0.25) is 0 Å². The van der Waals surface area contributed by atoms with Crippen molar-refractivity contribution >= 4 is 17.6 Å². The maximum Gasteiger partial charge on any atom is 0.121 e. The van der Waals surface area contributed by atoms with Crippen LogP contribution in [0.5, 0.6) is 0 Å². The number of aldehydes is 1. The molecule has 1 rings (SSSR count). The first-order chi connectivity index (χ1) is 5.83. The minimum atomic E-state index is 0.598. The van der Waals surface area contributed by atoms with Crippen LogP contribution in [0.3, 0.4) is 0 Å². The lowest BCUT2D eigenvalue weighted by Crippen LogP contribution is -2.19. The Kier molecular flexibility index (Phi) is 3.90. The molecule has 0 saturated heterocycles. The molecule has 1 aromatic heterocycles. The van der Waals surface area contributed by atoms with Gasteiger partial charge in [0.15, 0.2) is 0 Å². The molecule has 3 nitrogen and oxygen atoms in total. The highest BCUT2D eigenvalue weighted by Crippen LogP contribution is 2.03. The van der Waals surface area contributed by atoms with Crippen LogP contribution in [-0.4, -0.2) is 29.8 Å². The van der Waals surface area contributed by atoms with E-state index >= 15 is 0 Å². The van der Waals surface area contributed by atoms with E-state index in [4.69, 9.17) is 0 Å². The summed E-state index contributed by atoms with van der Waals surface area (Å²) in [5, 5.41) is 2.03. The van der Waals surface area contributed by atoms with Crippen molar-refractivity contribution in [3.63, 3.8) is 0 Å². The van der Waals surface area contributed by atoms with Crippen molar-refractivity contribution in [2.45, 2.75) is 13.0 Å². The Morgan fingerprint density at radius 2 is 2.58 bits per heavy atom. The quantitative estimate of drug-likeness (QED) is 0.644. The summed E-state index contributed by atoms with van der Waals surface area (Å²) < 4.78 is 0. The molecule has 0 aromatic carbocycles. The summed E-state index contributed by atoms with van der Waals surface area (Å²) in [7, 11) is 1.99. The van der Waals surface area contributed by atoms with Gasteiger partial charge in [-0.3, -0.25) is 0 Å². The van der Waals surface area contributed by atoms with Gasteiger partial charge in [0.05, 0.1) is 11.2 Å². The number of rotatable bonds is 5. The number of hydrogen-bond donors (Lipinski definition) is 0. The van der Waals surface area contributed by atoms with Crippen molar-refractivity contribution in [3.8, 4) is 0 Å². The second-order valence-electron chi connectivity index (χ2n) is 2.67. The van der Waals surface area contributed by atoms with Gasteiger partial charge in [-0.25, -0.2) is 4.98 Å². The highest BCUT2D eigenvalue weighted by Gasteiger charge is 2.00. The van der Waals surface area contributed by atoms with Gasteiger partial charge in [-0.1, -0.05) is 0 Å². The molecule has 0 spiro atoms. The minimum absolute atomic E-state index is 0.598. The monoisotopic (exact) mass is 184 g/mol. The third-order valence-electron chi connectivity index (χ3n) is 1.54. The maximum absolute atomic E-state index is 10.1. The molecule has 0 amide bonds. The molecule has 0 aliphatic carbocycles. The van der Waals surface area contributed by atoms with Crippen LogP contribution in [0.1, 0.15) is 12.1 Å². The lowest BCUT2D eigenvalue weighted by atomic mass is 10.4. The van der Waals surface area contributed by atoms with Crippen molar-refractivity contribution in [1.82, 2.24) is 9.88 Å². The summed E-state index contributed by atoms with van der Waals surface area (Å²) in [6, 6.07) is 0. The van der Waals surface area contributed by atoms with Gasteiger partial charge in [0.1, 0.15) is 6.29 Å². The molecule has 0 radical (unpaired) electrons. The second kappa shape index (κ2) is 5.00. The number of thiazole rings is 1. The van der Waals surface area contributed by atoms with E-state index in [2.05, 4.69) is 9.88 Å². The van der Waals surface area contributed by atoms with Crippen LogP contribution in [0, 0.1) is 0 Å². The fraction of sp³-hybridized carbons (Fsp3) is 0.500. The van der Waals surface area contributed by atoms with E-state index in [0.717, 1.165) is 25.1 Å². The van der Waals surface area contributed by atoms with E-state index in [-0.39, 0.29) is 0 Å². The average molecular weight is 184 g/mol. The van der Waals surface area contributed by atoms with Gasteiger partial charge in [0.2, 0.25) is 0 Å². The zero-order chi connectivity index (χ0) is 8.81. The van der Waals surface area contributed by atoms with Crippen LogP contribution in [0.25, 0.3) is 0 Å². The lowest BCUT2D eigenvalue weighted by Gasteiger charge is -2.12. The fourth-order valence-corrected chi connectivity index (χ4v) is 1.49. The Hall–Kier alpha value is -0.740. The van der Waals surface area contributed by atoms with E-state index in [1.54, 1.807) is 11.3 Å². The molecule has 0 bridgehead atoms. The van der Waals surface area contributed by atoms with Crippen molar-refractivity contribution in [3.05, 3.63) is 16.6 Å². The van der Waals surface area contributed by atoms with Crippen LogP contribution in [0.4, 0.5) is 0 Å². The number of nitrogens with zero attached hydrogens (tertiary/aromatic N) is 2. The zero-order valence-corrected chi connectivity index (χ0v) is 7.88. The summed E-state index contributed by atoms with van der Waals surface area (Å²) in [4.78, 5) is 16.3. The molecule has 1 heterocycles. The number of carbonyl (C=O) groups is 1. The third-order valence-corrected chi connectivity index (χ3v) is 2.18. The van der Waals surface area contributed by atoms with E-state index < -0.39 is 0 Å². The maximum atomic E-state index is 10.1. The SMILES string of the molecule is CN(CCC=O)Cc1cscn1. The molecular formula is C8H12N2OS. The zero-order valence-electron chi connectivity index (χ0n) is 7.06. The predicted molar refractivity (Wildman–Crippen MR) is 49.1 cm³/mol. The molecule has 0 unspecified atom stereocenters. The molecule has 0 atom stereocenters. The van der Waals surface area contributed by atoms with Crippen molar-refractivity contribution in [2.75, 3.05) is 13.6 Å². The summed E-state index contributed by atoms with van der Waals surface area (Å²) >= 11 is 1.60. The molecular weight excluding hydrogens is 172 g/mol. The Bertz CT molecular complexity index is 223. The van der Waals surface area contributed by atoms with Crippen molar-refractivity contribution < 1.29 is 4.79 Å². The van der Waals surface area contributed by atoms with Gasteiger partial charge in [-0.15, -0.1) is 11.3 Å². The van der Waals surface area contributed by atoms with E-state index in [0.29, 0.717) is 6.42 Å². The molecule has 0 aliphatic rings. The Morgan fingerprint density at radius 1 is 1.75 bits per heavy atom. The number of aromatic nitrogens is 1. The normalized spacial score (nSPS) is 10.5.